The smallest absolute Gasteiger partial charge is 0.326 e. The number of nitrogens with zero attached hydrogens (tertiary/aromatic N) is 1. The first-order valence-electron chi connectivity index (χ1n) is 11.7. The Labute approximate surface area is 226 Å². The van der Waals surface area contributed by atoms with Gasteiger partial charge in [-0.1, -0.05) is 23.9 Å². The molecule has 0 aliphatic heterocycles. The lowest BCUT2D eigenvalue weighted by molar-refractivity contribution is -0.139. The van der Waals surface area contributed by atoms with Gasteiger partial charge in [0.25, 0.3) is 5.91 Å². The molecule has 0 saturated heterocycles. The van der Waals surface area contributed by atoms with Gasteiger partial charge in [0.2, 0.25) is 10.0 Å². The fraction of sp³-hybridized carbons (Fsp3) is 0.259. The minimum absolute atomic E-state index is 0.0287. The molecule has 3 aromatic carbocycles. The Balaban J connectivity index is 1.99. The Hall–Kier alpha value is -3.54. The van der Waals surface area contributed by atoms with Crippen LogP contribution in [-0.4, -0.2) is 61.1 Å². The van der Waals surface area contributed by atoms with Gasteiger partial charge in [-0.15, -0.1) is 0 Å². The van der Waals surface area contributed by atoms with Gasteiger partial charge in [0.15, 0.2) is 0 Å². The van der Waals surface area contributed by atoms with Gasteiger partial charge in [0.1, 0.15) is 17.5 Å². The maximum Gasteiger partial charge on any atom is 0.326 e. The number of carboxylic acid groups (broad SMARTS) is 1. The Morgan fingerprint density at radius 3 is 2.21 bits per heavy atom. The summed E-state index contributed by atoms with van der Waals surface area (Å²) in [6, 6.07) is 15.8. The number of hydrogen-bond donors (Lipinski definition) is 3. The highest BCUT2D eigenvalue weighted by Crippen LogP contribution is 2.33. The molecule has 3 N–H and O–H groups in total. The molecule has 11 heteroatoms. The third kappa shape index (κ3) is 7.06. The van der Waals surface area contributed by atoms with Gasteiger partial charge in [0.05, 0.1) is 17.6 Å². The summed E-state index contributed by atoms with van der Waals surface area (Å²) in [4.78, 5) is 26.6. The quantitative estimate of drug-likeness (QED) is 0.322. The number of hydrogen-bond acceptors (Lipinski definition) is 7. The summed E-state index contributed by atoms with van der Waals surface area (Å²) in [7, 11) is -0.896. The molecule has 0 saturated carbocycles. The van der Waals surface area contributed by atoms with Crippen LogP contribution in [0, 0.1) is 0 Å². The third-order valence-electron chi connectivity index (χ3n) is 5.87. The fourth-order valence-corrected chi connectivity index (χ4v) is 5.77. The normalized spacial score (nSPS) is 12.4. The van der Waals surface area contributed by atoms with Gasteiger partial charge in [-0.3, -0.25) is 4.79 Å². The predicted octanol–water partition coefficient (Wildman–Crippen LogP) is 4.01. The lowest BCUT2D eigenvalue weighted by Crippen LogP contribution is -2.42. The highest BCUT2D eigenvalue weighted by molar-refractivity contribution is 7.99. The number of phenols is 1. The average molecular weight is 559 g/mol. The van der Waals surface area contributed by atoms with E-state index in [-0.39, 0.29) is 28.7 Å². The van der Waals surface area contributed by atoms with Crippen molar-refractivity contribution in [3.8, 4) is 11.5 Å². The number of carbonyl (C=O) groups excluding carboxylic acids is 1. The molecule has 0 aromatic heterocycles. The van der Waals surface area contributed by atoms with Crippen molar-refractivity contribution in [3.63, 3.8) is 0 Å². The summed E-state index contributed by atoms with van der Waals surface area (Å²) < 4.78 is 32.7. The zero-order valence-electron chi connectivity index (χ0n) is 21.4. The van der Waals surface area contributed by atoms with E-state index in [1.807, 2.05) is 0 Å². The minimum Gasteiger partial charge on any atom is -0.508 e. The highest BCUT2D eigenvalue weighted by atomic mass is 32.2. The van der Waals surface area contributed by atoms with E-state index in [0.29, 0.717) is 16.2 Å². The van der Waals surface area contributed by atoms with E-state index in [2.05, 4.69) is 5.32 Å². The minimum atomic E-state index is -3.90. The number of carboxylic acids is 1. The molecule has 0 fully saturated rings. The van der Waals surface area contributed by atoms with E-state index in [1.54, 1.807) is 63.4 Å². The molecule has 0 radical (unpaired) electrons. The maximum atomic E-state index is 13.4. The van der Waals surface area contributed by atoms with Crippen LogP contribution in [0.2, 0.25) is 0 Å². The Kier molecular flexibility index (Phi) is 9.42. The number of aliphatic carboxylic acids is 1. The van der Waals surface area contributed by atoms with Crippen molar-refractivity contribution in [3.05, 3.63) is 77.9 Å². The molecule has 0 spiro atoms. The lowest BCUT2D eigenvalue weighted by Gasteiger charge is -2.22. The first-order valence-corrected chi connectivity index (χ1v) is 13.9. The standard InChI is InChI=1S/C27H30N2O7S2/c1-17(2)29(3)38(34,35)22-13-14-25(37-21-11-9-20(36-4)10-12-21)23(16-22)26(31)28-24(27(32)33)15-18-5-7-19(30)8-6-18/h5-14,16-17,24,30H,15H2,1-4H3,(H,28,31)(H,32,33). The van der Waals surface area contributed by atoms with Gasteiger partial charge >= 0.3 is 5.97 Å². The van der Waals surface area contributed by atoms with Crippen LogP contribution in [0.15, 0.2) is 81.4 Å². The Morgan fingerprint density at radius 1 is 1.03 bits per heavy atom. The molecular formula is C27H30N2O7S2. The summed E-state index contributed by atoms with van der Waals surface area (Å²) in [6.45, 7) is 3.47. The van der Waals surface area contributed by atoms with Crippen molar-refractivity contribution in [2.45, 2.75) is 47.0 Å². The number of amides is 1. The van der Waals surface area contributed by atoms with E-state index in [9.17, 15) is 28.2 Å². The van der Waals surface area contributed by atoms with Crippen LogP contribution in [0.25, 0.3) is 0 Å². The second-order valence-corrected chi connectivity index (χ2v) is 11.9. The van der Waals surface area contributed by atoms with Crippen LogP contribution in [-0.2, 0) is 21.2 Å². The number of sulfonamides is 1. The van der Waals surface area contributed by atoms with Crippen LogP contribution in [0.3, 0.4) is 0 Å². The number of aromatic hydroxyl groups is 1. The molecule has 3 rings (SSSR count). The summed E-state index contributed by atoms with van der Waals surface area (Å²) in [5.74, 6) is -1.28. The van der Waals surface area contributed by atoms with Crippen LogP contribution < -0.4 is 10.1 Å². The largest absolute Gasteiger partial charge is 0.508 e. The molecule has 1 atom stereocenters. The van der Waals surface area contributed by atoms with Crippen LogP contribution >= 0.6 is 11.8 Å². The highest BCUT2D eigenvalue weighted by Gasteiger charge is 2.27. The molecule has 202 valence electrons. The third-order valence-corrected chi connectivity index (χ3v) is 8.98. The molecular weight excluding hydrogens is 528 g/mol. The number of nitrogens with one attached hydrogen (secondary N) is 1. The number of phenolic OH excluding ortho intramolecular Hbond substituents is 1. The van der Waals surface area contributed by atoms with Gasteiger partial charge in [0, 0.05) is 29.3 Å². The van der Waals surface area contributed by atoms with Crippen molar-refractivity contribution < 1.29 is 33.0 Å². The molecule has 9 nitrogen and oxygen atoms in total. The molecule has 0 heterocycles. The molecule has 0 aliphatic rings. The maximum absolute atomic E-state index is 13.4. The zero-order chi connectivity index (χ0) is 28.0. The SMILES string of the molecule is COc1ccc(Sc2ccc(S(=O)(=O)N(C)C(C)C)cc2C(=O)NC(Cc2ccc(O)cc2)C(=O)O)cc1. The van der Waals surface area contributed by atoms with Crippen molar-refractivity contribution in [2.75, 3.05) is 14.2 Å². The molecule has 1 amide bonds. The molecule has 1 unspecified atom stereocenters. The average Bonchev–Trinajstić information content (AvgIpc) is 2.89. The summed E-state index contributed by atoms with van der Waals surface area (Å²) in [5.41, 5.74) is 0.624. The van der Waals surface area contributed by atoms with Gasteiger partial charge < -0.3 is 20.3 Å². The van der Waals surface area contributed by atoms with Crippen LogP contribution in [0.5, 0.6) is 11.5 Å². The topological polar surface area (TPSA) is 133 Å². The zero-order valence-corrected chi connectivity index (χ0v) is 23.0. The van der Waals surface area contributed by atoms with E-state index in [0.717, 1.165) is 4.90 Å². The number of benzene rings is 3. The van der Waals surface area contributed by atoms with Crippen molar-refractivity contribution in [1.82, 2.24) is 9.62 Å². The fourth-order valence-electron chi connectivity index (χ4n) is 3.45. The number of rotatable bonds is 11. The second-order valence-electron chi connectivity index (χ2n) is 8.79. The Bertz CT molecular complexity index is 1390. The monoisotopic (exact) mass is 558 g/mol. The predicted molar refractivity (Wildman–Crippen MR) is 144 cm³/mol. The van der Waals surface area contributed by atoms with E-state index >= 15 is 0 Å². The second kappa shape index (κ2) is 12.3. The lowest BCUT2D eigenvalue weighted by atomic mass is 10.1. The van der Waals surface area contributed by atoms with Crippen molar-refractivity contribution >= 4 is 33.7 Å². The van der Waals surface area contributed by atoms with Gasteiger partial charge in [-0.25, -0.2) is 13.2 Å². The first kappa shape index (κ1) is 29.0. The summed E-state index contributed by atoms with van der Waals surface area (Å²) in [6.07, 6.45) is -0.0314. The first-order chi connectivity index (χ1) is 17.9. The van der Waals surface area contributed by atoms with Crippen molar-refractivity contribution in [2.24, 2.45) is 0 Å². The van der Waals surface area contributed by atoms with Gasteiger partial charge in [-0.2, -0.15) is 4.31 Å². The Morgan fingerprint density at radius 2 is 1.66 bits per heavy atom. The van der Waals surface area contributed by atoms with Crippen LogP contribution in [0.1, 0.15) is 29.8 Å². The van der Waals surface area contributed by atoms with Gasteiger partial charge in [-0.05, 0) is 74.0 Å². The molecule has 3 aromatic rings. The van der Waals surface area contributed by atoms with Crippen LogP contribution in [0.4, 0.5) is 0 Å². The molecule has 0 bridgehead atoms. The molecule has 38 heavy (non-hydrogen) atoms. The van der Waals surface area contributed by atoms with E-state index in [1.165, 1.54) is 47.4 Å². The van der Waals surface area contributed by atoms with Crippen molar-refractivity contribution in [1.29, 1.82) is 0 Å². The summed E-state index contributed by atoms with van der Waals surface area (Å²) >= 11 is 1.24. The number of ether oxygens (including phenoxy) is 1. The number of methoxy groups -OCH3 is 1. The van der Waals surface area contributed by atoms with E-state index in [4.69, 9.17) is 4.74 Å². The number of carbonyl (C=O) groups is 2. The molecule has 0 aliphatic carbocycles. The van der Waals surface area contributed by atoms with E-state index < -0.39 is 27.9 Å². The summed E-state index contributed by atoms with van der Waals surface area (Å²) in [5, 5.41) is 21.8.